The molecule has 0 saturated heterocycles. The van der Waals surface area contributed by atoms with Crippen molar-refractivity contribution in [3.63, 3.8) is 0 Å². The Bertz CT molecular complexity index is 961. The number of hydrogen-bond donors (Lipinski definition) is 1. The Morgan fingerprint density at radius 3 is 0.935 bits per heavy atom. The molecule has 0 aliphatic rings. The van der Waals surface area contributed by atoms with Crippen molar-refractivity contribution in [2.45, 2.75) is 303 Å². The minimum absolute atomic E-state index is 0.201. The van der Waals surface area contributed by atoms with Crippen LogP contribution in [0, 0.1) is 0 Å². The molecule has 6 heteroatoms. The minimum atomic E-state index is -0.944. The lowest BCUT2D eigenvalue weighted by Gasteiger charge is -2.27. The zero-order chi connectivity index (χ0) is 45.2. The van der Waals surface area contributed by atoms with Crippen LogP contribution in [-0.4, -0.2) is 41.9 Å². The monoisotopic (exact) mass is 871 g/mol. The Hall–Kier alpha value is -1.95. The number of unbranched alkanes of at least 4 members (excludes halogenated alkanes) is 39. The molecule has 0 bridgehead atoms. The van der Waals surface area contributed by atoms with Gasteiger partial charge in [0.1, 0.15) is 6.04 Å². The van der Waals surface area contributed by atoms with Crippen molar-refractivity contribution in [1.29, 1.82) is 0 Å². The van der Waals surface area contributed by atoms with Crippen LogP contribution in [-0.2, 0) is 19.1 Å². The number of carbonyl (C=O) groups is 3. The Balaban J connectivity index is 4.36. The van der Waals surface area contributed by atoms with E-state index >= 15 is 0 Å². The molecule has 0 fully saturated rings. The summed E-state index contributed by atoms with van der Waals surface area (Å²) >= 11 is 0. The molecule has 0 rings (SSSR count). The van der Waals surface area contributed by atoms with Crippen LogP contribution in [0.1, 0.15) is 297 Å². The molecule has 2 N–H and O–H groups in total. The van der Waals surface area contributed by atoms with Gasteiger partial charge in [0.15, 0.2) is 0 Å². The Morgan fingerprint density at radius 2 is 0.677 bits per heavy atom. The van der Waals surface area contributed by atoms with E-state index in [4.69, 9.17) is 10.5 Å². The molecule has 0 unspecified atom stereocenters. The summed E-state index contributed by atoms with van der Waals surface area (Å²) in [4.78, 5) is 41.3. The van der Waals surface area contributed by atoms with Crippen LogP contribution in [0.15, 0.2) is 24.3 Å². The van der Waals surface area contributed by atoms with Gasteiger partial charge in [0.2, 0.25) is 0 Å². The fraction of sp³-hybridized carbons (Fsp3) is 0.875. The highest BCUT2D eigenvalue weighted by atomic mass is 16.5. The predicted octanol–water partition coefficient (Wildman–Crippen LogP) is 17.2. The van der Waals surface area contributed by atoms with Crippen molar-refractivity contribution in [2.24, 2.45) is 5.73 Å². The zero-order valence-corrected chi connectivity index (χ0v) is 41.9. The predicted molar refractivity (Wildman–Crippen MR) is 269 cm³/mol. The topological polar surface area (TPSA) is 89.7 Å². The number of hydrogen-bond acceptors (Lipinski definition) is 5. The Kier molecular flexibility index (Phi) is 48.5. The van der Waals surface area contributed by atoms with Crippen LogP contribution < -0.4 is 5.73 Å². The van der Waals surface area contributed by atoms with Gasteiger partial charge in [-0.3, -0.25) is 14.5 Å². The molecule has 62 heavy (non-hydrogen) atoms. The van der Waals surface area contributed by atoms with Crippen molar-refractivity contribution >= 4 is 17.8 Å². The van der Waals surface area contributed by atoms with E-state index in [1.807, 2.05) is 12.2 Å². The second kappa shape index (κ2) is 50.1. The summed E-state index contributed by atoms with van der Waals surface area (Å²) in [6.07, 6.45) is 61.3. The van der Waals surface area contributed by atoms with E-state index in [9.17, 15) is 14.4 Å². The molecule has 0 saturated carbocycles. The van der Waals surface area contributed by atoms with Gasteiger partial charge in [-0.2, -0.15) is 0 Å². The molecule has 0 heterocycles. The normalized spacial score (nSPS) is 12.2. The lowest BCUT2D eigenvalue weighted by atomic mass is 10.0. The van der Waals surface area contributed by atoms with Crippen LogP contribution in [0.3, 0.4) is 0 Å². The molecular formula is C56H106N2O4. The highest BCUT2D eigenvalue weighted by Crippen LogP contribution is 2.18. The summed E-state index contributed by atoms with van der Waals surface area (Å²) in [6.45, 7) is 7.02. The minimum Gasteiger partial charge on any atom is -0.464 e. The maximum atomic E-state index is 13.5. The van der Waals surface area contributed by atoms with Crippen LogP contribution in [0.4, 0.5) is 0 Å². The number of nitrogens with zero attached hydrogens (tertiary/aromatic N) is 1. The van der Waals surface area contributed by atoms with E-state index in [0.29, 0.717) is 19.4 Å². The molecule has 1 atom stereocenters. The van der Waals surface area contributed by atoms with Crippen LogP contribution in [0.2, 0.25) is 0 Å². The third-order valence-electron chi connectivity index (χ3n) is 12.7. The summed E-state index contributed by atoms with van der Waals surface area (Å²) < 4.78 is 5.35. The van der Waals surface area contributed by atoms with E-state index < -0.39 is 23.8 Å². The number of allylic oxidation sites excluding steroid dienone is 2. The van der Waals surface area contributed by atoms with Gasteiger partial charge < -0.3 is 10.5 Å². The van der Waals surface area contributed by atoms with Crippen molar-refractivity contribution < 1.29 is 19.1 Å². The SMILES string of the molecule is CCCCCCCCCCCCCCCCCCCCCC=CC(=O)N(C(=O)C=CCCCCCCCCCCCCCCCCCCCCC)[C@@H](CCCCN)C(=O)OCC. The van der Waals surface area contributed by atoms with E-state index in [0.717, 1.165) is 49.8 Å². The van der Waals surface area contributed by atoms with Crippen molar-refractivity contribution in [3.8, 4) is 0 Å². The maximum Gasteiger partial charge on any atom is 0.329 e. The number of imide groups is 1. The summed E-state index contributed by atoms with van der Waals surface area (Å²) in [5.74, 6) is -1.40. The lowest BCUT2D eigenvalue weighted by Crippen LogP contribution is -2.48. The average Bonchev–Trinajstić information content (AvgIpc) is 3.27. The third-order valence-corrected chi connectivity index (χ3v) is 12.7. The molecule has 0 aromatic carbocycles. The quantitative estimate of drug-likeness (QED) is 0.0374. The first-order chi connectivity index (χ1) is 30.5. The lowest BCUT2D eigenvalue weighted by molar-refractivity contribution is -0.158. The highest BCUT2D eigenvalue weighted by Gasteiger charge is 2.33. The average molecular weight is 871 g/mol. The first-order valence-corrected chi connectivity index (χ1v) is 27.6. The van der Waals surface area contributed by atoms with E-state index in [1.165, 1.54) is 230 Å². The van der Waals surface area contributed by atoms with Gasteiger partial charge in [-0.15, -0.1) is 0 Å². The molecule has 0 aliphatic carbocycles. The second-order valence-electron chi connectivity index (χ2n) is 18.7. The standard InChI is InChI=1S/C56H106N2O4/c1-4-7-9-11-13-15-17-19-21-23-25-27-29-31-33-35-37-39-41-43-45-50-54(59)58(53(49-47-48-52-57)56(61)62-6-3)55(60)51-46-44-42-40-38-36-34-32-30-28-26-24-22-20-18-16-14-12-10-8-5-2/h45-46,50-51,53H,4-44,47-49,52,57H2,1-3H3/t53-/m0/s1. The number of ether oxygens (including phenoxy) is 1. The molecular weight excluding hydrogens is 765 g/mol. The van der Waals surface area contributed by atoms with Gasteiger partial charge in [-0.25, -0.2) is 4.79 Å². The fourth-order valence-corrected chi connectivity index (χ4v) is 8.70. The fourth-order valence-electron chi connectivity index (χ4n) is 8.70. The van der Waals surface area contributed by atoms with Crippen molar-refractivity contribution in [1.82, 2.24) is 4.90 Å². The molecule has 0 radical (unpaired) electrons. The molecule has 0 aliphatic heterocycles. The van der Waals surface area contributed by atoms with Crippen molar-refractivity contribution in [2.75, 3.05) is 13.2 Å². The number of amides is 2. The Morgan fingerprint density at radius 1 is 0.403 bits per heavy atom. The molecule has 0 spiro atoms. The van der Waals surface area contributed by atoms with Crippen molar-refractivity contribution in [3.05, 3.63) is 24.3 Å². The van der Waals surface area contributed by atoms with E-state index in [2.05, 4.69) is 13.8 Å². The van der Waals surface area contributed by atoms with Crippen LogP contribution >= 0.6 is 0 Å². The Labute approximate surface area is 386 Å². The molecule has 2 amide bonds. The van der Waals surface area contributed by atoms with Gasteiger partial charge in [-0.05, 0) is 70.6 Å². The largest absolute Gasteiger partial charge is 0.464 e. The van der Waals surface area contributed by atoms with Gasteiger partial charge >= 0.3 is 5.97 Å². The number of rotatable bonds is 49. The number of nitrogens with two attached hydrogens (primary N) is 1. The number of carbonyl (C=O) groups excluding carboxylic acids is 3. The molecule has 0 aromatic rings. The van der Waals surface area contributed by atoms with E-state index in [-0.39, 0.29) is 6.61 Å². The van der Waals surface area contributed by atoms with Gasteiger partial charge in [-0.1, -0.05) is 257 Å². The summed E-state index contributed by atoms with van der Waals surface area (Å²) in [7, 11) is 0. The molecule has 364 valence electrons. The van der Waals surface area contributed by atoms with E-state index in [1.54, 1.807) is 6.92 Å². The van der Waals surface area contributed by atoms with Gasteiger partial charge in [0, 0.05) is 0 Å². The highest BCUT2D eigenvalue weighted by molar-refractivity contribution is 6.07. The van der Waals surface area contributed by atoms with Gasteiger partial charge in [0.25, 0.3) is 11.8 Å². The summed E-state index contributed by atoms with van der Waals surface area (Å²) in [5, 5.41) is 0. The molecule has 6 nitrogen and oxygen atoms in total. The first kappa shape index (κ1) is 60.1. The third kappa shape index (κ3) is 40.8. The second-order valence-corrected chi connectivity index (χ2v) is 18.7. The zero-order valence-electron chi connectivity index (χ0n) is 41.9. The first-order valence-electron chi connectivity index (χ1n) is 27.6. The summed E-state index contributed by atoms with van der Waals surface area (Å²) in [6, 6.07) is -0.944. The smallest absolute Gasteiger partial charge is 0.329 e. The molecule has 0 aromatic heterocycles. The summed E-state index contributed by atoms with van der Waals surface area (Å²) in [5.41, 5.74) is 5.74. The number of esters is 1. The van der Waals surface area contributed by atoms with Crippen LogP contribution in [0.5, 0.6) is 0 Å². The van der Waals surface area contributed by atoms with Crippen LogP contribution in [0.25, 0.3) is 0 Å². The maximum absolute atomic E-state index is 13.5. The van der Waals surface area contributed by atoms with Gasteiger partial charge in [0.05, 0.1) is 6.61 Å².